The van der Waals surface area contributed by atoms with E-state index in [9.17, 15) is 8.42 Å². The second-order valence-electron chi connectivity index (χ2n) is 4.11. The first-order chi connectivity index (χ1) is 8.88. The van der Waals surface area contributed by atoms with E-state index in [2.05, 4.69) is 14.9 Å². The van der Waals surface area contributed by atoms with E-state index in [-0.39, 0.29) is 17.0 Å². The zero-order chi connectivity index (χ0) is 14.0. The van der Waals surface area contributed by atoms with E-state index in [1.54, 1.807) is 19.1 Å². The molecular weight excluding hydrogens is 268 g/mol. The van der Waals surface area contributed by atoms with Gasteiger partial charge in [0.05, 0.1) is 4.90 Å². The van der Waals surface area contributed by atoms with Crippen molar-refractivity contribution in [1.29, 1.82) is 0 Å². The lowest BCUT2D eigenvalue weighted by molar-refractivity contribution is 0.429. The standard InChI is InChI=1S/C11H14N4O3S/c1-7(12)9-3-5-10(6-4-9)19(16,17)15-11-13-8(2)14-18-11/h3-7H,12H2,1-2H3,(H,13,14,15). The maximum atomic E-state index is 12.0. The molecule has 0 spiro atoms. The number of hydrogen-bond acceptors (Lipinski definition) is 6. The molecule has 7 nitrogen and oxygen atoms in total. The fourth-order valence-electron chi connectivity index (χ4n) is 1.46. The van der Waals surface area contributed by atoms with E-state index in [1.807, 2.05) is 6.92 Å². The normalized spacial score (nSPS) is 13.2. The summed E-state index contributed by atoms with van der Waals surface area (Å²) in [7, 11) is -3.73. The van der Waals surface area contributed by atoms with Crippen LogP contribution in [0.4, 0.5) is 6.01 Å². The van der Waals surface area contributed by atoms with E-state index < -0.39 is 10.0 Å². The second-order valence-corrected chi connectivity index (χ2v) is 5.79. The van der Waals surface area contributed by atoms with Gasteiger partial charge in [-0.1, -0.05) is 17.3 Å². The van der Waals surface area contributed by atoms with Gasteiger partial charge in [0.1, 0.15) is 0 Å². The number of benzene rings is 1. The molecule has 3 N–H and O–H groups in total. The van der Waals surface area contributed by atoms with Crippen molar-refractivity contribution >= 4 is 16.0 Å². The molecule has 0 bridgehead atoms. The van der Waals surface area contributed by atoms with Gasteiger partial charge in [-0.05, 0) is 31.5 Å². The van der Waals surface area contributed by atoms with E-state index in [4.69, 9.17) is 10.3 Å². The molecule has 1 atom stereocenters. The van der Waals surface area contributed by atoms with Crippen LogP contribution in [0.3, 0.4) is 0 Å². The van der Waals surface area contributed by atoms with Gasteiger partial charge in [-0.3, -0.25) is 0 Å². The van der Waals surface area contributed by atoms with Crippen LogP contribution in [0.1, 0.15) is 24.4 Å². The monoisotopic (exact) mass is 282 g/mol. The fraction of sp³-hybridized carbons (Fsp3) is 0.273. The van der Waals surface area contributed by atoms with Crippen molar-refractivity contribution in [3.05, 3.63) is 35.7 Å². The van der Waals surface area contributed by atoms with Crippen LogP contribution in [-0.4, -0.2) is 18.6 Å². The van der Waals surface area contributed by atoms with E-state index in [1.165, 1.54) is 12.1 Å². The molecular formula is C11H14N4O3S. The third-order valence-corrected chi connectivity index (χ3v) is 3.80. The molecule has 8 heteroatoms. The first-order valence-electron chi connectivity index (χ1n) is 5.57. The highest BCUT2D eigenvalue weighted by Crippen LogP contribution is 2.17. The minimum absolute atomic E-state index is 0.104. The van der Waals surface area contributed by atoms with Crippen LogP contribution in [0.2, 0.25) is 0 Å². The van der Waals surface area contributed by atoms with Crippen LogP contribution in [-0.2, 0) is 10.0 Å². The van der Waals surface area contributed by atoms with Crippen molar-refractivity contribution in [3.63, 3.8) is 0 Å². The molecule has 1 aromatic heterocycles. The van der Waals surface area contributed by atoms with Gasteiger partial charge in [0, 0.05) is 6.04 Å². The number of sulfonamides is 1. The zero-order valence-electron chi connectivity index (χ0n) is 10.5. The highest BCUT2D eigenvalue weighted by Gasteiger charge is 2.17. The number of aromatic nitrogens is 2. The summed E-state index contributed by atoms with van der Waals surface area (Å²) in [5, 5.41) is 3.50. The maximum Gasteiger partial charge on any atom is 0.335 e. The molecule has 0 aliphatic heterocycles. The van der Waals surface area contributed by atoms with Crippen molar-refractivity contribution in [2.45, 2.75) is 24.8 Å². The number of nitrogens with one attached hydrogen (secondary N) is 1. The van der Waals surface area contributed by atoms with Gasteiger partial charge in [0.15, 0.2) is 5.82 Å². The molecule has 0 saturated carbocycles. The fourth-order valence-corrected chi connectivity index (χ4v) is 2.39. The van der Waals surface area contributed by atoms with Gasteiger partial charge in [-0.2, -0.15) is 4.98 Å². The number of aryl methyl sites for hydroxylation is 1. The Kier molecular flexibility index (Phi) is 3.54. The largest absolute Gasteiger partial charge is 0.335 e. The quantitative estimate of drug-likeness (QED) is 0.871. The smallest absolute Gasteiger partial charge is 0.324 e. The van der Waals surface area contributed by atoms with Crippen LogP contribution in [0.5, 0.6) is 0 Å². The Bertz CT molecular complexity index is 662. The van der Waals surface area contributed by atoms with Crippen molar-refractivity contribution in [3.8, 4) is 0 Å². The minimum Gasteiger partial charge on any atom is -0.324 e. The molecule has 102 valence electrons. The molecule has 0 fully saturated rings. The van der Waals surface area contributed by atoms with E-state index in [0.29, 0.717) is 5.82 Å². The average Bonchev–Trinajstić information content (AvgIpc) is 2.74. The highest BCUT2D eigenvalue weighted by atomic mass is 32.2. The SMILES string of the molecule is Cc1noc(NS(=O)(=O)c2ccc(C(C)N)cc2)n1. The molecule has 0 radical (unpaired) electrons. The molecule has 1 aromatic carbocycles. The van der Waals surface area contributed by atoms with Crippen LogP contribution in [0.15, 0.2) is 33.7 Å². The summed E-state index contributed by atoms with van der Waals surface area (Å²) in [4.78, 5) is 3.88. The van der Waals surface area contributed by atoms with Crippen LogP contribution < -0.4 is 10.5 Å². The van der Waals surface area contributed by atoms with Gasteiger partial charge >= 0.3 is 6.01 Å². The first-order valence-corrected chi connectivity index (χ1v) is 7.05. The number of anilines is 1. The van der Waals surface area contributed by atoms with Crippen molar-refractivity contribution in [2.24, 2.45) is 5.73 Å². The summed E-state index contributed by atoms with van der Waals surface area (Å²) in [6.07, 6.45) is 0. The summed E-state index contributed by atoms with van der Waals surface area (Å²) in [5.41, 5.74) is 6.56. The molecule has 0 aliphatic carbocycles. The molecule has 1 heterocycles. The minimum atomic E-state index is -3.73. The number of nitrogens with two attached hydrogens (primary N) is 1. The van der Waals surface area contributed by atoms with E-state index in [0.717, 1.165) is 5.56 Å². The van der Waals surface area contributed by atoms with Gasteiger partial charge in [-0.25, -0.2) is 13.1 Å². The second kappa shape index (κ2) is 4.98. The van der Waals surface area contributed by atoms with Gasteiger partial charge in [0.2, 0.25) is 0 Å². The molecule has 1 unspecified atom stereocenters. The maximum absolute atomic E-state index is 12.0. The predicted octanol–water partition coefficient (Wildman–Crippen LogP) is 1.20. The van der Waals surface area contributed by atoms with Crippen molar-refractivity contribution in [1.82, 2.24) is 10.1 Å². The highest BCUT2D eigenvalue weighted by molar-refractivity contribution is 7.92. The summed E-state index contributed by atoms with van der Waals surface area (Å²) in [5.74, 6) is 0.352. The Morgan fingerprint density at radius 1 is 1.32 bits per heavy atom. The van der Waals surface area contributed by atoms with Crippen molar-refractivity contribution in [2.75, 3.05) is 4.72 Å². The molecule has 2 aromatic rings. The van der Waals surface area contributed by atoms with Gasteiger partial charge in [-0.15, -0.1) is 0 Å². The molecule has 2 rings (SSSR count). The summed E-state index contributed by atoms with van der Waals surface area (Å²) >= 11 is 0. The van der Waals surface area contributed by atoms with Crippen LogP contribution in [0.25, 0.3) is 0 Å². The summed E-state index contributed by atoms with van der Waals surface area (Å²) in [6, 6.07) is 5.97. The Hall–Kier alpha value is -1.93. The van der Waals surface area contributed by atoms with Crippen LogP contribution in [0, 0.1) is 6.92 Å². The summed E-state index contributed by atoms with van der Waals surface area (Å²) in [6.45, 7) is 3.42. The molecule has 0 saturated heterocycles. The lowest BCUT2D eigenvalue weighted by atomic mass is 10.1. The molecule has 0 aliphatic rings. The lowest BCUT2D eigenvalue weighted by Crippen LogP contribution is -2.13. The third-order valence-electron chi connectivity index (χ3n) is 2.47. The van der Waals surface area contributed by atoms with Gasteiger partial charge < -0.3 is 10.3 Å². The van der Waals surface area contributed by atoms with Gasteiger partial charge in [0.25, 0.3) is 10.0 Å². The van der Waals surface area contributed by atoms with E-state index >= 15 is 0 Å². The Labute approximate surface area is 110 Å². The summed E-state index contributed by atoms with van der Waals surface area (Å²) < 4.78 is 31.0. The Morgan fingerprint density at radius 3 is 2.42 bits per heavy atom. The first kappa shape index (κ1) is 13.5. The number of nitrogens with zero attached hydrogens (tertiary/aromatic N) is 2. The number of rotatable bonds is 4. The molecule has 19 heavy (non-hydrogen) atoms. The van der Waals surface area contributed by atoms with Crippen LogP contribution >= 0.6 is 0 Å². The zero-order valence-corrected chi connectivity index (χ0v) is 11.3. The predicted molar refractivity (Wildman–Crippen MR) is 68.9 cm³/mol. The Balaban J connectivity index is 2.24. The Morgan fingerprint density at radius 2 is 1.95 bits per heavy atom. The average molecular weight is 282 g/mol. The lowest BCUT2D eigenvalue weighted by Gasteiger charge is -2.07. The topological polar surface area (TPSA) is 111 Å². The third kappa shape index (κ3) is 3.09. The van der Waals surface area contributed by atoms with Crippen molar-refractivity contribution < 1.29 is 12.9 Å². The number of hydrogen-bond donors (Lipinski definition) is 2. The molecule has 0 amide bonds.